The molecule has 1 aliphatic rings. The summed E-state index contributed by atoms with van der Waals surface area (Å²) in [6.45, 7) is 0. The van der Waals surface area contributed by atoms with Crippen LogP contribution in [-0.2, 0) is 11.1 Å². The molecule has 0 spiro atoms. The Hall–Kier alpha value is -0.150. The maximum atomic E-state index is 10.9. The second kappa shape index (κ2) is 6.33. The SMILES string of the molecule is O=S(O)C1=CCCCCCCCC1. The summed E-state index contributed by atoms with van der Waals surface area (Å²) in [5.41, 5.74) is 0. The topological polar surface area (TPSA) is 37.3 Å². The maximum absolute atomic E-state index is 10.9. The summed E-state index contributed by atoms with van der Waals surface area (Å²) in [6.07, 6.45) is 11.1. The first-order chi connectivity index (χ1) is 6.30. The number of hydrogen-bond acceptors (Lipinski definition) is 1. The molecule has 1 N–H and O–H groups in total. The Labute approximate surface area is 82.7 Å². The van der Waals surface area contributed by atoms with Gasteiger partial charge in [0.05, 0.1) is 0 Å². The summed E-state index contributed by atoms with van der Waals surface area (Å²) in [6, 6.07) is 0. The van der Waals surface area contributed by atoms with Gasteiger partial charge in [0.1, 0.15) is 0 Å². The van der Waals surface area contributed by atoms with Crippen LogP contribution in [0.5, 0.6) is 0 Å². The van der Waals surface area contributed by atoms with Gasteiger partial charge in [0.25, 0.3) is 0 Å². The van der Waals surface area contributed by atoms with Gasteiger partial charge in [0.2, 0.25) is 0 Å². The molecule has 1 unspecified atom stereocenters. The molecule has 3 heteroatoms. The van der Waals surface area contributed by atoms with E-state index in [0.29, 0.717) is 0 Å². The van der Waals surface area contributed by atoms with Gasteiger partial charge < -0.3 is 4.55 Å². The zero-order chi connectivity index (χ0) is 9.52. The van der Waals surface area contributed by atoms with Crippen LogP contribution in [0.15, 0.2) is 11.0 Å². The lowest BCUT2D eigenvalue weighted by molar-refractivity contribution is 0.559. The van der Waals surface area contributed by atoms with Crippen LogP contribution in [0.25, 0.3) is 0 Å². The Kier molecular flexibility index (Phi) is 5.32. The van der Waals surface area contributed by atoms with E-state index in [1.807, 2.05) is 6.08 Å². The lowest BCUT2D eigenvalue weighted by atomic mass is 10.1. The second-order valence-electron chi connectivity index (χ2n) is 3.58. The molecule has 2 nitrogen and oxygen atoms in total. The van der Waals surface area contributed by atoms with Crippen molar-refractivity contribution in [3.63, 3.8) is 0 Å². The Bertz CT molecular complexity index is 199. The van der Waals surface area contributed by atoms with E-state index in [0.717, 1.165) is 24.2 Å². The minimum atomic E-state index is -1.72. The molecular weight excluding hydrogens is 184 g/mol. The van der Waals surface area contributed by atoms with Crippen molar-refractivity contribution in [3.8, 4) is 0 Å². The summed E-state index contributed by atoms with van der Waals surface area (Å²) >= 11 is -1.72. The van der Waals surface area contributed by atoms with Crippen molar-refractivity contribution >= 4 is 11.1 Å². The Morgan fingerprint density at radius 1 is 1.08 bits per heavy atom. The Morgan fingerprint density at radius 2 is 1.69 bits per heavy atom. The summed E-state index contributed by atoms with van der Waals surface area (Å²) in [5, 5.41) is 0. The van der Waals surface area contributed by atoms with Gasteiger partial charge in [-0.2, -0.15) is 0 Å². The first-order valence-electron chi connectivity index (χ1n) is 5.10. The van der Waals surface area contributed by atoms with Gasteiger partial charge in [-0.3, -0.25) is 0 Å². The minimum absolute atomic E-state index is 0.738. The molecule has 0 fully saturated rings. The summed E-state index contributed by atoms with van der Waals surface area (Å²) in [5.74, 6) is 0. The van der Waals surface area contributed by atoms with Crippen LogP contribution in [0.2, 0.25) is 0 Å². The fourth-order valence-electron chi connectivity index (χ4n) is 1.67. The van der Waals surface area contributed by atoms with E-state index in [9.17, 15) is 4.21 Å². The normalized spacial score (nSPS) is 23.3. The fourth-order valence-corrected chi connectivity index (χ4v) is 2.25. The Balaban J connectivity index is 2.47. The van der Waals surface area contributed by atoms with Crippen molar-refractivity contribution in [2.75, 3.05) is 0 Å². The van der Waals surface area contributed by atoms with Crippen molar-refractivity contribution in [1.29, 1.82) is 0 Å². The van der Waals surface area contributed by atoms with Crippen molar-refractivity contribution in [1.82, 2.24) is 0 Å². The first-order valence-corrected chi connectivity index (χ1v) is 6.21. The van der Waals surface area contributed by atoms with Crippen LogP contribution in [0.3, 0.4) is 0 Å². The predicted molar refractivity (Wildman–Crippen MR) is 55.8 cm³/mol. The zero-order valence-corrected chi connectivity index (χ0v) is 8.81. The highest BCUT2D eigenvalue weighted by molar-refractivity contribution is 7.83. The standard InChI is InChI=1S/C10H18O2S/c11-13(12)10-8-6-4-2-1-3-5-7-9-10/h8H,1-7,9H2,(H,11,12). The molecule has 1 atom stereocenters. The van der Waals surface area contributed by atoms with Crippen LogP contribution < -0.4 is 0 Å². The summed E-state index contributed by atoms with van der Waals surface area (Å²) < 4.78 is 19.8. The molecule has 0 saturated heterocycles. The summed E-state index contributed by atoms with van der Waals surface area (Å²) in [4.78, 5) is 0.738. The van der Waals surface area contributed by atoms with Crippen LogP contribution >= 0.6 is 0 Å². The molecule has 0 heterocycles. The van der Waals surface area contributed by atoms with Gasteiger partial charge in [-0.25, -0.2) is 4.21 Å². The van der Waals surface area contributed by atoms with E-state index in [2.05, 4.69) is 0 Å². The molecule has 0 aromatic carbocycles. The lowest BCUT2D eigenvalue weighted by Gasteiger charge is -2.06. The van der Waals surface area contributed by atoms with Crippen molar-refractivity contribution in [3.05, 3.63) is 11.0 Å². The van der Waals surface area contributed by atoms with E-state index >= 15 is 0 Å². The molecule has 13 heavy (non-hydrogen) atoms. The van der Waals surface area contributed by atoms with Crippen molar-refractivity contribution in [2.24, 2.45) is 0 Å². The molecule has 1 aliphatic carbocycles. The zero-order valence-electron chi connectivity index (χ0n) is 8.00. The average Bonchev–Trinajstić information content (AvgIpc) is 2.14. The third kappa shape index (κ3) is 4.58. The van der Waals surface area contributed by atoms with E-state index in [-0.39, 0.29) is 0 Å². The third-order valence-electron chi connectivity index (χ3n) is 2.47. The molecule has 76 valence electrons. The molecule has 0 amide bonds. The van der Waals surface area contributed by atoms with Crippen molar-refractivity contribution in [2.45, 2.75) is 51.4 Å². The van der Waals surface area contributed by atoms with Gasteiger partial charge in [-0.05, 0) is 25.7 Å². The van der Waals surface area contributed by atoms with Crippen LogP contribution in [0, 0.1) is 0 Å². The molecule has 0 radical (unpaired) electrons. The molecule has 0 saturated carbocycles. The predicted octanol–water partition coefficient (Wildman–Crippen LogP) is 3.23. The molecule has 0 aliphatic heterocycles. The Morgan fingerprint density at radius 3 is 2.38 bits per heavy atom. The van der Waals surface area contributed by atoms with Gasteiger partial charge in [0, 0.05) is 4.91 Å². The maximum Gasteiger partial charge on any atom is 0.181 e. The average molecular weight is 202 g/mol. The molecule has 0 aromatic heterocycles. The quantitative estimate of drug-likeness (QED) is 0.663. The van der Waals surface area contributed by atoms with Gasteiger partial charge in [0.15, 0.2) is 11.1 Å². The first kappa shape index (κ1) is 10.9. The van der Waals surface area contributed by atoms with E-state index in [4.69, 9.17) is 4.55 Å². The highest BCUT2D eigenvalue weighted by Crippen LogP contribution is 2.18. The molecule has 0 bridgehead atoms. The number of rotatable bonds is 1. The lowest BCUT2D eigenvalue weighted by Crippen LogP contribution is -1.95. The number of hydrogen-bond donors (Lipinski definition) is 1. The van der Waals surface area contributed by atoms with Crippen LogP contribution in [0.4, 0.5) is 0 Å². The van der Waals surface area contributed by atoms with E-state index in [1.165, 1.54) is 32.1 Å². The number of allylic oxidation sites excluding steroid dienone is 2. The van der Waals surface area contributed by atoms with Gasteiger partial charge >= 0.3 is 0 Å². The molecule has 1 rings (SSSR count). The summed E-state index contributed by atoms with van der Waals surface area (Å²) in [7, 11) is 0. The molecule has 0 aromatic rings. The smallest absolute Gasteiger partial charge is 0.181 e. The van der Waals surface area contributed by atoms with Crippen molar-refractivity contribution < 1.29 is 8.76 Å². The minimum Gasteiger partial charge on any atom is -0.302 e. The largest absolute Gasteiger partial charge is 0.302 e. The third-order valence-corrected chi connectivity index (χ3v) is 3.29. The van der Waals surface area contributed by atoms with E-state index in [1.54, 1.807) is 0 Å². The monoisotopic (exact) mass is 202 g/mol. The van der Waals surface area contributed by atoms with Crippen LogP contribution in [-0.4, -0.2) is 8.76 Å². The van der Waals surface area contributed by atoms with Gasteiger partial charge in [-0.15, -0.1) is 0 Å². The second-order valence-corrected chi connectivity index (χ2v) is 4.60. The molecular formula is C10H18O2S. The fraction of sp³-hybridized carbons (Fsp3) is 0.800. The van der Waals surface area contributed by atoms with Crippen LogP contribution in [0.1, 0.15) is 51.4 Å². The highest BCUT2D eigenvalue weighted by Gasteiger charge is 2.05. The van der Waals surface area contributed by atoms with Gasteiger partial charge in [-0.1, -0.05) is 31.8 Å². The highest BCUT2D eigenvalue weighted by atomic mass is 32.2. The van der Waals surface area contributed by atoms with E-state index < -0.39 is 11.1 Å².